The van der Waals surface area contributed by atoms with E-state index in [1.165, 1.54) is 12.3 Å². The van der Waals surface area contributed by atoms with Crippen LogP contribution in [-0.4, -0.2) is 12.1 Å². The highest BCUT2D eigenvalue weighted by Crippen LogP contribution is 2.30. The summed E-state index contributed by atoms with van der Waals surface area (Å²) in [6.45, 7) is 2.05. The third-order valence-corrected chi connectivity index (χ3v) is 3.71. The zero-order valence-corrected chi connectivity index (χ0v) is 12.9. The van der Waals surface area contributed by atoms with Crippen molar-refractivity contribution in [2.24, 2.45) is 0 Å². The summed E-state index contributed by atoms with van der Waals surface area (Å²) in [6, 6.07) is 8.85. The van der Waals surface area contributed by atoms with E-state index in [0.717, 1.165) is 28.0 Å². The number of hydrogen-bond acceptors (Lipinski definition) is 3. The maximum Gasteiger partial charge on any atom is 0.141 e. The number of ether oxygens (including phenoxy) is 1. The van der Waals surface area contributed by atoms with E-state index in [0.29, 0.717) is 0 Å². The predicted molar refractivity (Wildman–Crippen MR) is 81.5 cm³/mol. The molecule has 2 rings (SSSR count). The van der Waals surface area contributed by atoms with E-state index in [4.69, 9.17) is 4.74 Å². The van der Waals surface area contributed by atoms with Crippen LogP contribution in [0.25, 0.3) is 0 Å². The molecule has 1 heterocycles. The van der Waals surface area contributed by atoms with Gasteiger partial charge in [-0.25, -0.2) is 4.39 Å². The maximum absolute atomic E-state index is 12.9. The number of nitrogens with zero attached hydrogens (tertiary/aromatic N) is 1. The van der Waals surface area contributed by atoms with Gasteiger partial charge in [-0.2, -0.15) is 0 Å². The van der Waals surface area contributed by atoms with Crippen molar-refractivity contribution in [1.82, 2.24) is 4.98 Å². The zero-order chi connectivity index (χ0) is 14.5. The van der Waals surface area contributed by atoms with E-state index < -0.39 is 0 Å². The van der Waals surface area contributed by atoms with Crippen LogP contribution in [0.3, 0.4) is 0 Å². The van der Waals surface area contributed by atoms with Gasteiger partial charge in [-0.3, -0.25) is 4.98 Å². The summed E-state index contributed by atoms with van der Waals surface area (Å²) < 4.78 is 19.1. The molecule has 5 heteroatoms. The van der Waals surface area contributed by atoms with Gasteiger partial charge in [0.2, 0.25) is 0 Å². The van der Waals surface area contributed by atoms with E-state index in [9.17, 15) is 4.39 Å². The molecule has 1 aromatic heterocycles. The number of nitrogens with one attached hydrogen (secondary N) is 1. The van der Waals surface area contributed by atoms with Gasteiger partial charge < -0.3 is 10.1 Å². The fraction of sp³-hybridized carbons (Fsp3) is 0.267. The number of halogens is 2. The van der Waals surface area contributed by atoms with Crippen LogP contribution in [0.4, 0.5) is 10.1 Å². The van der Waals surface area contributed by atoms with E-state index in [1.807, 2.05) is 18.2 Å². The summed E-state index contributed by atoms with van der Waals surface area (Å²) in [5.41, 5.74) is 1.73. The van der Waals surface area contributed by atoms with Gasteiger partial charge in [0.1, 0.15) is 11.6 Å². The summed E-state index contributed by atoms with van der Waals surface area (Å²) in [5.74, 6) is 0.448. The second kappa shape index (κ2) is 6.70. The van der Waals surface area contributed by atoms with Crippen molar-refractivity contribution in [3.05, 3.63) is 52.5 Å². The Morgan fingerprint density at radius 2 is 2.15 bits per heavy atom. The van der Waals surface area contributed by atoms with E-state index in [2.05, 4.69) is 33.2 Å². The second-order valence-electron chi connectivity index (χ2n) is 4.35. The van der Waals surface area contributed by atoms with Crippen LogP contribution in [0.5, 0.6) is 5.75 Å². The molecule has 0 aliphatic rings. The molecule has 0 radical (unpaired) electrons. The maximum atomic E-state index is 12.9. The van der Waals surface area contributed by atoms with Gasteiger partial charge in [0.25, 0.3) is 0 Å². The summed E-state index contributed by atoms with van der Waals surface area (Å²) >= 11 is 3.50. The standard InChI is InChI=1S/C15H16BrFN2O/c1-3-13(14-7-4-10(17)9-18-14)19-15-8-11(20-2)5-6-12(15)16/h4-9,13,19H,3H2,1-2H3. The number of benzene rings is 1. The zero-order valence-electron chi connectivity index (χ0n) is 11.4. The van der Waals surface area contributed by atoms with Crippen molar-refractivity contribution >= 4 is 21.6 Å². The van der Waals surface area contributed by atoms with Crippen LogP contribution >= 0.6 is 15.9 Å². The van der Waals surface area contributed by atoms with Gasteiger partial charge >= 0.3 is 0 Å². The van der Waals surface area contributed by atoms with Crippen molar-refractivity contribution in [2.75, 3.05) is 12.4 Å². The first-order chi connectivity index (χ1) is 9.63. The number of anilines is 1. The van der Waals surface area contributed by atoms with Crippen molar-refractivity contribution in [3.63, 3.8) is 0 Å². The quantitative estimate of drug-likeness (QED) is 0.867. The molecule has 0 fully saturated rings. The minimum Gasteiger partial charge on any atom is -0.497 e. The Morgan fingerprint density at radius 1 is 1.35 bits per heavy atom. The number of pyridine rings is 1. The van der Waals surface area contributed by atoms with Gasteiger partial charge in [-0.15, -0.1) is 0 Å². The first-order valence-corrected chi connectivity index (χ1v) is 7.15. The molecule has 0 spiro atoms. The highest BCUT2D eigenvalue weighted by atomic mass is 79.9. The molecule has 0 amide bonds. The molecular weight excluding hydrogens is 323 g/mol. The topological polar surface area (TPSA) is 34.1 Å². The van der Waals surface area contributed by atoms with Crippen LogP contribution in [-0.2, 0) is 0 Å². The molecule has 0 saturated heterocycles. The van der Waals surface area contributed by atoms with Gasteiger partial charge in [-0.05, 0) is 46.6 Å². The Morgan fingerprint density at radius 3 is 2.75 bits per heavy atom. The van der Waals surface area contributed by atoms with Crippen molar-refractivity contribution in [2.45, 2.75) is 19.4 Å². The normalized spacial score (nSPS) is 12.0. The molecule has 0 bridgehead atoms. The van der Waals surface area contributed by atoms with Gasteiger partial charge in [-0.1, -0.05) is 6.92 Å². The smallest absolute Gasteiger partial charge is 0.141 e. The number of methoxy groups -OCH3 is 1. The molecule has 1 atom stereocenters. The van der Waals surface area contributed by atoms with Crippen molar-refractivity contribution in [1.29, 1.82) is 0 Å². The van der Waals surface area contributed by atoms with E-state index in [1.54, 1.807) is 13.2 Å². The lowest BCUT2D eigenvalue weighted by atomic mass is 10.1. The lowest BCUT2D eigenvalue weighted by Gasteiger charge is -2.19. The molecule has 20 heavy (non-hydrogen) atoms. The average molecular weight is 339 g/mol. The monoisotopic (exact) mass is 338 g/mol. The molecule has 106 valence electrons. The Kier molecular flexibility index (Phi) is 4.95. The summed E-state index contributed by atoms with van der Waals surface area (Å²) in [5, 5.41) is 3.40. The van der Waals surface area contributed by atoms with Crippen LogP contribution in [0.15, 0.2) is 41.0 Å². The molecule has 2 aromatic rings. The van der Waals surface area contributed by atoms with Crippen LogP contribution in [0.1, 0.15) is 25.1 Å². The molecule has 0 aliphatic carbocycles. The third kappa shape index (κ3) is 3.48. The lowest BCUT2D eigenvalue weighted by molar-refractivity contribution is 0.415. The number of aromatic nitrogens is 1. The van der Waals surface area contributed by atoms with Crippen molar-refractivity contribution in [3.8, 4) is 5.75 Å². The van der Waals surface area contributed by atoms with Crippen LogP contribution in [0.2, 0.25) is 0 Å². The molecule has 1 aromatic carbocycles. The lowest BCUT2D eigenvalue weighted by Crippen LogP contribution is -2.11. The molecule has 0 aliphatic heterocycles. The number of hydrogen-bond donors (Lipinski definition) is 1. The summed E-state index contributed by atoms with van der Waals surface area (Å²) in [6.07, 6.45) is 2.07. The molecule has 1 unspecified atom stereocenters. The molecule has 1 N–H and O–H groups in total. The van der Waals surface area contributed by atoms with E-state index in [-0.39, 0.29) is 11.9 Å². The Labute approximate surface area is 126 Å². The van der Waals surface area contributed by atoms with Gasteiger partial charge in [0.05, 0.1) is 30.7 Å². The minimum absolute atomic E-state index is 0.0130. The first kappa shape index (κ1) is 14.8. The average Bonchev–Trinajstić information content (AvgIpc) is 2.47. The largest absolute Gasteiger partial charge is 0.497 e. The Balaban J connectivity index is 2.23. The SMILES string of the molecule is CCC(Nc1cc(OC)ccc1Br)c1ccc(F)cn1. The third-order valence-electron chi connectivity index (χ3n) is 3.02. The fourth-order valence-corrected chi connectivity index (χ4v) is 2.27. The first-order valence-electron chi connectivity index (χ1n) is 6.35. The summed E-state index contributed by atoms with van der Waals surface area (Å²) in [4.78, 5) is 4.13. The second-order valence-corrected chi connectivity index (χ2v) is 5.21. The Hall–Kier alpha value is -1.62. The molecule has 3 nitrogen and oxygen atoms in total. The van der Waals surface area contributed by atoms with Crippen molar-refractivity contribution < 1.29 is 9.13 Å². The summed E-state index contributed by atoms with van der Waals surface area (Å²) in [7, 11) is 1.63. The van der Waals surface area contributed by atoms with Gasteiger partial charge in [0.15, 0.2) is 0 Å². The van der Waals surface area contributed by atoms with Crippen LogP contribution < -0.4 is 10.1 Å². The highest BCUT2D eigenvalue weighted by Gasteiger charge is 2.13. The number of rotatable bonds is 5. The Bertz CT molecular complexity index is 575. The van der Waals surface area contributed by atoms with E-state index >= 15 is 0 Å². The predicted octanol–water partition coefficient (Wildman–Crippen LogP) is 4.56. The minimum atomic E-state index is -0.328. The highest BCUT2D eigenvalue weighted by molar-refractivity contribution is 9.10. The fourth-order valence-electron chi connectivity index (χ4n) is 1.91. The van der Waals surface area contributed by atoms with Crippen LogP contribution in [0, 0.1) is 5.82 Å². The molecular formula is C15H16BrFN2O. The van der Waals surface area contributed by atoms with Gasteiger partial charge in [0, 0.05) is 10.5 Å². The molecule has 0 saturated carbocycles.